The van der Waals surface area contributed by atoms with Crippen LogP contribution in [0.3, 0.4) is 0 Å². The Morgan fingerprint density at radius 2 is 2.00 bits per heavy atom. The zero-order chi connectivity index (χ0) is 14.8. The van der Waals surface area contributed by atoms with Crippen LogP contribution in [0.4, 0.5) is 0 Å². The molecule has 5 heteroatoms. The second-order valence-corrected chi connectivity index (χ2v) is 5.42. The van der Waals surface area contributed by atoms with Crippen LogP contribution in [0.2, 0.25) is 5.02 Å². The van der Waals surface area contributed by atoms with E-state index in [2.05, 4.69) is 9.55 Å². The van der Waals surface area contributed by atoms with Crippen molar-refractivity contribution in [2.45, 2.75) is 6.42 Å². The molecule has 0 saturated carbocycles. The normalized spacial score (nSPS) is 11.0. The summed E-state index contributed by atoms with van der Waals surface area (Å²) < 4.78 is 7.47. The molecule has 1 heterocycles. The number of methoxy groups -OCH3 is 1. The standard InChI is InChI=1S/C16H14Cl2N2O/c1-21-14-7-3-6-13-16(14)19-15(8-9-17)20(13)12-5-2-4-11(18)10-12/h2-7,10H,8-9H2,1H3. The van der Waals surface area contributed by atoms with Gasteiger partial charge in [-0.05, 0) is 30.3 Å². The molecule has 108 valence electrons. The van der Waals surface area contributed by atoms with Gasteiger partial charge in [0, 0.05) is 23.0 Å². The lowest BCUT2D eigenvalue weighted by Crippen LogP contribution is -2.02. The summed E-state index contributed by atoms with van der Waals surface area (Å²) >= 11 is 12.0. The molecule has 0 aliphatic rings. The Morgan fingerprint density at radius 1 is 1.19 bits per heavy atom. The van der Waals surface area contributed by atoms with Gasteiger partial charge in [0.25, 0.3) is 0 Å². The van der Waals surface area contributed by atoms with E-state index < -0.39 is 0 Å². The van der Waals surface area contributed by atoms with Gasteiger partial charge in [-0.25, -0.2) is 4.98 Å². The highest BCUT2D eigenvalue weighted by molar-refractivity contribution is 6.30. The Hall–Kier alpha value is -1.71. The molecule has 2 aromatic carbocycles. The van der Waals surface area contributed by atoms with Crippen molar-refractivity contribution in [3.63, 3.8) is 0 Å². The van der Waals surface area contributed by atoms with Gasteiger partial charge in [0.1, 0.15) is 17.1 Å². The lowest BCUT2D eigenvalue weighted by atomic mass is 10.2. The summed E-state index contributed by atoms with van der Waals surface area (Å²) in [6.45, 7) is 0. The number of hydrogen-bond acceptors (Lipinski definition) is 2. The number of aromatic nitrogens is 2. The van der Waals surface area contributed by atoms with Gasteiger partial charge in [-0.1, -0.05) is 23.7 Å². The number of alkyl halides is 1. The zero-order valence-electron chi connectivity index (χ0n) is 11.5. The lowest BCUT2D eigenvalue weighted by molar-refractivity contribution is 0.419. The van der Waals surface area contributed by atoms with E-state index in [1.165, 1.54) is 0 Å². The summed E-state index contributed by atoms with van der Waals surface area (Å²) in [6.07, 6.45) is 0.673. The molecule has 0 aliphatic carbocycles. The minimum atomic E-state index is 0.506. The van der Waals surface area contributed by atoms with E-state index >= 15 is 0 Å². The molecule has 0 fully saturated rings. The minimum absolute atomic E-state index is 0.506. The molecule has 0 unspecified atom stereocenters. The molecule has 0 saturated heterocycles. The third-order valence-corrected chi connectivity index (χ3v) is 3.75. The molecular weight excluding hydrogens is 307 g/mol. The first-order chi connectivity index (χ1) is 10.2. The number of benzene rings is 2. The second-order valence-electron chi connectivity index (χ2n) is 4.61. The molecule has 1 aromatic heterocycles. The van der Waals surface area contributed by atoms with Crippen LogP contribution in [0.1, 0.15) is 5.82 Å². The molecule has 21 heavy (non-hydrogen) atoms. The Morgan fingerprint density at radius 3 is 2.71 bits per heavy atom. The minimum Gasteiger partial charge on any atom is -0.494 e. The van der Waals surface area contributed by atoms with Gasteiger partial charge in [-0.15, -0.1) is 11.6 Å². The van der Waals surface area contributed by atoms with Crippen LogP contribution in [0.25, 0.3) is 16.7 Å². The fourth-order valence-corrected chi connectivity index (χ4v) is 2.80. The Labute approximate surface area is 133 Å². The largest absolute Gasteiger partial charge is 0.494 e. The monoisotopic (exact) mass is 320 g/mol. The molecule has 0 atom stereocenters. The van der Waals surface area contributed by atoms with Crippen molar-refractivity contribution in [2.24, 2.45) is 0 Å². The van der Waals surface area contributed by atoms with Crippen molar-refractivity contribution >= 4 is 34.2 Å². The van der Waals surface area contributed by atoms with Crippen LogP contribution < -0.4 is 4.74 Å². The first-order valence-electron chi connectivity index (χ1n) is 6.61. The van der Waals surface area contributed by atoms with Crippen molar-refractivity contribution in [1.82, 2.24) is 9.55 Å². The molecule has 3 aromatic rings. The average molecular weight is 321 g/mol. The van der Waals surface area contributed by atoms with E-state index in [0.717, 1.165) is 28.3 Å². The van der Waals surface area contributed by atoms with Crippen molar-refractivity contribution in [2.75, 3.05) is 13.0 Å². The van der Waals surface area contributed by atoms with Crippen molar-refractivity contribution in [3.8, 4) is 11.4 Å². The molecule has 0 bridgehead atoms. The molecule has 0 amide bonds. The first-order valence-corrected chi connectivity index (χ1v) is 7.52. The summed E-state index contributed by atoms with van der Waals surface area (Å²) in [7, 11) is 1.65. The Kier molecular flexibility index (Phi) is 4.04. The molecule has 3 nitrogen and oxygen atoms in total. The van der Waals surface area contributed by atoms with Crippen LogP contribution in [-0.2, 0) is 6.42 Å². The predicted octanol–water partition coefficient (Wildman–Crippen LogP) is 4.47. The highest BCUT2D eigenvalue weighted by Gasteiger charge is 2.15. The molecule has 0 aliphatic heterocycles. The maximum Gasteiger partial charge on any atom is 0.146 e. The van der Waals surface area contributed by atoms with Crippen LogP contribution in [0, 0.1) is 0 Å². The third-order valence-electron chi connectivity index (χ3n) is 3.32. The smallest absolute Gasteiger partial charge is 0.146 e. The van der Waals surface area contributed by atoms with Crippen LogP contribution >= 0.6 is 23.2 Å². The molecular formula is C16H14Cl2N2O. The Balaban J connectivity index is 2.31. The molecule has 0 spiro atoms. The van der Waals surface area contributed by atoms with E-state index in [4.69, 9.17) is 27.9 Å². The molecule has 0 radical (unpaired) electrons. The zero-order valence-corrected chi connectivity index (χ0v) is 13.0. The summed E-state index contributed by atoms with van der Waals surface area (Å²) in [6, 6.07) is 13.6. The number of hydrogen-bond donors (Lipinski definition) is 0. The van der Waals surface area contributed by atoms with E-state index in [-0.39, 0.29) is 0 Å². The number of aryl methyl sites for hydroxylation is 1. The topological polar surface area (TPSA) is 27.1 Å². The number of halogens is 2. The molecule has 0 N–H and O–H groups in total. The first kappa shape index (κ1) is 14.2. The second kappa shape index (κ2) is 5.96. The van der Waals surface area contributed by atoms with Gasteiger partial charge in [0.05, 0.1) is 12.6 Å². The predicted molar refractivity (Wildman–Crippen MR) is 87.1 cm³/mol. The summed E-state index contributed by atoms with van der Waals surface area (Å²) in [4.78, 5) is 4.69. The number of ether oxygens (including phenoxy) is 1. The number of rotatable bonds is 4. The van der Waals surface area contributed by atoms with Crippen molar-refractivity contribution in [3.05, 3.63) is 53.3 Å². The van der Waals surface area contributed by atoms with Crippen LogP contribution in [0.15, 0.2) is 42.5 Å². The fraction of sp³-hybridized carbons (Fsp3) is 0.188. The van der Waals surface area contributed by atoms with Gasteiger partial charge < -0.3 is 4.74 Å². The number of nitrogens with zero attached hydrogens (tertiary/aromatic N) is 2. The summed E-state index contributed by atoms with van der Waals surface area (Å²) in [5.41, 5.74) is 2.79. The van der Waals surface area contributed by atoms with Gasteiger partial charge >= 0.3 is 0 Å². The van der Waals surface area contributed by atoms with E-state index in [9.17, 15) is 0 Å². The van der Waals surface area contributed by atoms with Gasteiger partial charge in [0.2, 0.25) is 0 Å². The SMILES string of the molecule is COc1cccc2c1nc(CCCl)n2-c1cccc(Cl)c1. The van der Waals surface area contributed by atoms with E-state index in [1.807, 2.05) is 42.5 Å². The van der Waals surface area contributed by atoms with Crippen molar-refractivity contribution in [1.29, 1.82) is 0 Å². The highest BCUT2D eigenvalue weighted by Crippen LogP contribution is 2.29. The average Bonchev–Trinajstić information content (AvgIpc) is 2.85. The fourth-order valence-electron chi connectivity index (χ4n) is 2.44. The summed E-state index contributed by atoms with van der Waals surface area (Å²) in [5.74, 6) is 2.16. The number of imidazole rings is 1. The van der Waals surface area contributed by atoms with Gasteiger partial charge in [-0.2, -0.15) is 0 Å². The lowest BCUT2D eigenvalue weighted by Gasteiger charge is -2.09. The quantitative estimate of drug-likeness (QED) is 0.663. The maximum atomic E-state index is 6.12. The van der Waals surface area contributed by atoms with Crippen LogP contribution in [0.5, 0.6) is 5.75 Å². The van der Waals surface area contributed by atoms with E-state index in [1.54, 1.807) is 7.11 Å². The van der Waals surface area contributed by atoms with Gasteiger partial charge in [-0.3, -0.25) is 4.57 Å². The van der Waals surface area contributed by atoms with Gasteiger partial charge in [0.15, 0.2) is 0 Å². The highest BCUT2D eigenvalue weighted by atomic mass is 35.5. The Bertz CT molecular complexity index is 783. The number of para-hydroxylation sites is 1. The molecule has 3 rings (SSSR count). The third kappa shape index (κ3) is 2.59. The van der Waals surface area contributed by atoms with Crippen molar-refractivity contribution < 1.29 is 4.74 Å². The summed E-state index contributed by atoms with van der Waals surface area (Å²) in [5, 5.41) is 0.689. The van der Waals surface area contributed by atoms with Crippen LogP contribution in [-0.4, -0.2) is 22.5 Å². The number of fused-ring (bicyclic) bond motifs is 1. The van der Waals surface area contributed by atoms with E-state index in [0.29, 0.717) is 17.3 Å². The maximum absolute atomic E-state index is 6.12.